The van der Waals surface area contributed by atoms with Crippen molar-refractivity contribution < 1.29 is 14.3 Å². The summed E-state index contributed by atoms with van der Waals surface area (Å²) in [5, 5.41) is 2.85. The van der Waals surface area contributed by atoms with E-state index in [1.807, 2.05) is 42.5 Å². The predicted octanol–water partition coefficient (Wildman–Crippen LogP) is 5.45. The molecule has 4 nitrogen and oxygen atoms in total. The third-order valence-electron chi connectivity index (χ3n) is 4.68. The second kappa shape index (κ2) is 9.20. The summed E-state index contributed by atoms with van der Waals surface area (Å²) in [6.07, 6.45) is -0.713. The number of carbonyl (C=O) groups is 2. The lowest BCUT2D eigenvalue weighted by Crippen LogP contribution is -2.31. The Morgan fingerprint density at radius 1 is 0.793 bits per heavy atom. The van der Waals surface area contributed by atoms with Gasteiger partial charge in [0.15, 0.2) is 11.9 Å². The molecule has 0 radical (unpaired) electrons. The van der Waals surface area contributed by atoms with Crippen LogP contribution in [0.2, 0.25) is 0 Å². The van der Waals surface area contributed by atoms with Gasteiger partial charge in [-0.25, -0.2) is 0 Å². The Kier molecular flexibility index (Phi) is 6.45. The molecule has 0 spiro atoms. The Labute approximate surface area is 171 Å². The van der Waals surface area contributed by atoms with E-state index in [1.165, 1.54) is 0 Å². The maximum Gasteiger partial charge on any atom is 0.265 e. The van der Waals surface area contributed by atoms with Gasteiger partial charge < -0.3 is 10.1 Å². The van der Waals surface area contributed by atoms with Crippen LogP contribution < -0.4 is 10.1 Å². The van der Waals surface area contributed by atoms with Crippen molar-refractivity contribution in [2.45, 2.75) is 32.8 Å². The number of hydrogen-bond acceptors (Lipinski definition) is 3. The molecule has 0 aromatic heterocycles. The number of ether oxygens (including phenoxy) is 1. The van der Waals surface area contributed by atoms with Crippen LogP contribution in [0.5, 0.6) is 5.75 Å². The van der Waals surface area contributed by atoms with Crippen molar-refractivity contribution in [1.29, 1.82) is 0 Å². The summed E-state index contributed by atoms with van der Waals surface area (Å²) in [7, 11) is 0. The number of benzene rings is 3. The average molecular weight is 387 g/mol. The Bertz CT molecular complexity index is 996. The van der Waals surface area contributed by atoms with E-state index in [0.29, 0.717) is 22.6 Å². The molecule has 0 aliphatic rings. The summed E-state index contributed by atoms with van der Waals surface area (Å²) in [4.78, 5) is 25.6. The van der Waals surface area contributed by atoms with Crippen molar-refractivity contribution in [1.82, 2.24) is 0 Å². The zero-order valence-electron chi connectivity index (χ0n) is 16.9. The molecule has 3 aromatic carbocycles. The van der Waals surface area contributed by atoms with E-state index in [0.717, 1.165) is 5.56 Å². The maximum atomic E-state index is 12.8. The molecular formula is C25H25NO3. The number of ketones is 1. The number of anilines is 1. The average Bonchev–Trinajstić information content (AvgIpc) is 2.74. The fraction of sp³-hybridized carbons (Fsp3) is 0.200. The number of carbonyl (C=O) groups excluding carboxylic acids is 2. The number of para-hydroxylation sites is 2. The van der Waals surface area contributed by atoms with Crippen molar-refractivity contribution >= 4 is 17.4 Å². The van der Waals surface area contributed by atoms with E-state index in [1.54, 1.807) is 43.3 Å². The standard InChI is InChI=1S/C25H25NO3/c1-17(2)20-13-8-10-16-23(20)29-18(3)25(28)26-22-15-9-7-14-21(22)24(27)19-11-5-4-6-12-19/h4-18H,1-3H3,(H,26,28)/t18-/m0/s1. The molecule has 0 heterocycles. The molecule has 29 heavy (non-hydrogen) atoms. The van der Waals surface area contributed by atoms with Gasteiger partial charge in [-0.3, -0.25) is 9.59 Å². The molecule has 3 aromatic rings. The zero-order chi connectivity index (χ0) is 20.8. The molecule has 0 unspecified atom stereocenters. The number of hydrogen-bond donors (Lipinski definition) is 1. The van der Waals surface area contributed by atoms with Crippen LogP contribution in [-0.2, 0) is 4.79 Å². The summed E-state index contributed by atoms with van der Waals surface area (Å²) in [5.41, 5.74) is 2.54. The van der Waals surface area contributed by atoms with Gasteiger partial charge in [-0.1, -0.05) is 74.5 Å². The minimum absolute atomic E-state index is 0.139. The highest BCUT2D eigenvalue weighted by molar-refractivity contribution is 6.14. The van der Waals surface area contributed by atoms with Crippen molar-refractivity contribution in [3.8, 4) is 5.75 Å². The molecule has 0 aliphatic heterocycles. The Hall–Kier alpha value is -3.40. The maximum absolute atomic E-state index is 12.8. The Morgan fingerprint density at radius 3 is 2.14 bits per heavy atom. The van der Waals surface area contributed by atoms with E-state index in [-0.39, 0.29) is 17.6 Å². The molecule has 0 bridgehead atoms. The SMILES string of the molecule is CC(C)c1ccccc1O[C@@H](C)C(=O)Nc1ccccc1C(=O)c1ccccc1. The van der Waals surface area contributed by atoms with Gasteiger partial charge in [0.05, 0.1) is 5.69 Å². The molecule has 1 N–H and O–H groups in total. The predicted molar refractivity (Wildman–Crippen MR) is 116 cm³/mol. The topological polar surface area (TPSA) is 55.4 Å². The summed E-state index contributed by atoms with van der Waals surface area (Å²) in [6, 6.07) is 23.7. The van der Waals surface area contributed by atoms with Crippen molar-refractivity contribution in [2.75, 3.05) is 5.32 Å². The molecule has 0 saturated carbocycles. The van der Waals surface area contributed by atoms with Crippen molar-refractivity contribution in [3.05, 3.63) is 95.6 Å². The number of rotatable bonds is 7. The van der Waals surface area contributed by atoms with Crippen molar-refractivity contribution in [3.63, 3.8) is 0 Å². The fourth-order valence-corrected chi connectivity index (χ4v) is 3.08. The molecule has 0 aliphatic carbocycles. The summed E-state index contributed by atoms with van der Waals surface area (Å²) in [5.74, 6) is 0.529. The molecule has 0 fully saturated rings. The summed E-state index contributed by atoms with van der Waals surface area (Å²) < 4.78 is 5.93. The minimum atomic E-state index is -0.713. The van der Waals surface area contributed by atoms with Crippen LogP contribution in [0.25, 0.3) is 0 Å². The molecule has 148 valence electrons. The van der Waals surface area contributed by atoms with Gasteiger partial charge in [0.25, 0.3) is 5.91 Å². The van der Waals surface area contributed by atoms with Crippen LogP contribution >= 0.6 is 0 Å². The Balaban J connectivity index is 1.77. The van der Waals surface area contributed by atoms with E-state index < -0.39 is 6.10 Å². The lowest BCUT2D eigenvalue weighted by molar-refractivity contribution is -0.122. The van der Waals surface area contributed by atoms with Gasteiger partial charge >= 0.3 is 0 Å². The summed E-state index contributed by atoms with van der Waals surface area (Å²) >= 11 is 0. The van der Waals surface area contributed by atoms with E-state index in [4.69, 9.17) is 4.74 Å². The molecule has 1 atom stereocenters. The molecular weight excluding hydrogens is 362 g/mol. The molecule has 3 rings (SSSR count). The zero-order valence-corrected chi connectivity index (χ0v) is 16.9. The minimum Gasteiger partial charge on any atom is -0.481 e. The highest BCUT2D eigenvalue weighted by Crippen LogP contribution is 2.27. The quantitative estimate of drug-likeness (QED) is 0.549. The van der Waals surface area contributed by atoms with Crippen LogP contribution in [0.3, 0.4) is 0 Å². The normalized spacial score (nSPS) is 11.7. The first-order chi connectivity index (χ1) is 14.0. The Morgan fingerprint density at radius 2 is 1.41 bits per heavy atom. The number of amides is 1. The molecule has 0 saturated heterocycles. The molecule has 1 amide bonds. The van der Waals surface area contributed by atoms with Crippen molar-refractivity contribution in [2.24, 2.45) is 0 Å². The summed E-state index contributed by atoms with van der Waals surface area (Å²) in [6.45, 7) is 5.87. The first kappa shape index (κ1) is 20.3. The van der Waals surface area contributed by atoms with E-state index in [2.05, 4.69) is 19.2 Å². The lowest BCUT2D eigenvalue weighted by atomic mass is 10.0. The smallest absolute Gasteiger partial charge is 0.265 e. The van der Waals surface area contributed by atoms with Gasteiger partial charge in [-0.2, -0.15) is 0 Å². The first-order valence-corrected chi connectivity index (χ1v) is 9.72. The lowest BCUT2D eigenvalue weighted by Gasteiger charge is -2.19. The van der Waals surface area contributed by atoms with Crippen LogP contribution in [0.1, 0.15) is 48.2 Å². The third kappa shape index (κ3) is 4.91. The van der Waals surface area contributed by atoms with Crippen LogP contribution in [0.15, 0.2) is 78.9 Å². The first-order valence-electron chi connectivity index (χ1n) is 9.72. The highest BCUT2D eigenvalue weighted by atomic mass is 16.5. The second-order valence-corrected chi connectivity index (χ2v) is 7.18. The highest BCUT2D eigenvalue weighted by Gasteiger charge is 2.20. The van der Waals surface area contributed by atoms with Gasteiger partial charge in [0.2, 0.25) is 0 Å². The van der Waals surface area contributed by atoms with E-state index >= 15 is 0 Å². The van der Waals surface area contributed by atoms with Crippen LogP contribution in [0, 0.1) is 0 Å². The fourth-order valence-electron chi connectivity index (χ4n) is 3.08. The molecule has 4 heteroatoms. The van der Waals surface area contributed by atoms with Gasteiger partial charge in [-0.15, -0.1) is 0 Å². The second-order valence-electron chi connectivity index (χ2n) is 7.18. The third-order valence-corrected chi connectivity index (χ3v) is 4.68. The van der Waals surface area contributed by atoms with Crippen LogP contribution in [0.4, 0.5) is 5.69 Å². The number of nitrogens with one attached hydrogen (secondary N) is 1. The van der Waals surface area contributed by atoms with E-state index in [9.17, 15) is 9.59 Å². The van der Waals surface area contributed by atoms with Crippen LogP contribution in [-0.4, -0.2) is 17.8 Å². The largest absolute Gasteiger partial charge is 0.481 e. The van der Waals surface area contributed by atoms with Gasteiger partial charge in [0, 0.05) is 11.1 Å². The monoisotopic (exact) mass is 387 g/mol. The van der Waals surface area contributed by atoms with Gasteiger partial charge in [-0.05, 0) is 36.6 Å². The van der Waals surface area contributed by atoms with Gasteiger partial charge in [0.1, 0.15) is 5.75 Å².